The smallest absolute Gasteiger partial charge is 0.306 e. The lowest BCUT2D eigenvalue weighted by Gasteiger charge is -2.18. The Morgan fingerprint density at radius 2 is 0.494 bits per heavy atom. The number of hydrogen-bond acceptors (Lipinski definition) is 6. The van der Waals surface area contributed by atoms with E-state index in [0.29, 0.717) is 19.3 Å². The first-order valence-electron chi connectivity index (χ1n) is 34.1. The maximum atomic E-state index is 12.9. The molecule has 0 heterocycles. The van der Waals surface area contributed by atoms with Gasteiger partial charge in [-0.2, -0.15) is 0 Å². The maximum absolute atomic E-state index is 12.9. The molecular weight excluding hydrogens is 973 g/mol. The average molecular weight is 1100 g/mol. The lowest BCUT2D eigenvalue weighted by Crippen LogP contribution is -2.30. The first-order valence-corrected chi connectivity index (χ1v) is 34.1. The summed E-state index contributed by atoms with van der Waals surface area (Å²) < 4.78 is 17.0. The molecule has 0 spiro atoms. The van der Waals surface area contributed by atoms with E-state index >= 15 is 0 Å². The third-order valence-electron chi connectivity index (χ3n) is 14.9. The van der Waals surface area contributed by atoms with Gasteiger partial charge in [-0.1, -0.05) is 331 Å². The molecule has 79 heavy (non-hydrogen) atoms. The van der Waals surface area contributed by atoms with Crippen LogP contribution in [0.3, 0.4) is 0 Å². The van der Waals surface area contributed by atoms with Gasteiger partial charge in [-0.05, 0) is 77.0 Å². The van der Waals surface area contributed by atoms with Gasteiger partial charge in [-0.25, -0.2) is 0 Å². The van der Waals surface area contributed by atoms with Gasteiger partial charge in [0.1, 0.15) is 13.2 Å². The number of unbranched alkanes of at least 4 members (excludes halogenated alkanes) is 37. The highest BCUT2D eigenvalue weighted by Crippen LogP contribution is 2.17. The molecule has 0 aromatic rings. The molecule has 6 heteroatoms. The topological polar surface area (TPSA) is 78.9 Å². The SMILES string of the molecule is CC/C=C\C/C=C\C/C=C\C/C=C\C/C=C\C/C=C\C/C=C\CCCCCCCCCC(=O)OCC(COC(=O)CCCCCCCCCCCCCCCCCC)OC(=O)CCCCCCCCCCCCCCCCCC. The summed E-state index contributed by atoms with van der Waals surface area (Å²) in [6.45, 7) is 6.57. The lowest BCUT2D eigenvalue weighted by atomic mass is 10.0. The Hall–Kier alpha value is -3.41. The second kappa shape index (κ2) is 67.1. The van der Waals surface area contributed by atoms with Crippen molar-refractivity contribution in [1.82, 2.24) is 0 Å². The maximum Gasteiger partial charge on any atom is 0.306 e. The number of carbonyl (C=O) groups excluding carboxylic acids is 3. The standard InChI is InChI=1S/C73H128O6/c1-4-7-10-13-16-19-22-25-28-31-32-33-34-35-36-37-38-39-40-41-42-43-46-48-51-54-57-60-63-66-72(75)78-69-70(79-73(76)67-64-61-58-55-52-49-45-30-27-24-21-18-15-12-9-6-3)68-77-71(74)65-62-59-56-53-50-47-44-29-26-23-20-17-14-11-8-5-2/h7,10,16,19,25,28,32-33,35-36,38-39,41-42,70H,4-6,8-9,11-15,17-18,20-24,26-27,29-31,34,37,40,43-69H2,1-3H3/b10-7-,19-16-,28-25-,33-32-,36-35-,39-38-,42-41-. The Bertz CT molecular complexity index is 1500. The van der Waals surface area contributed by atoms with E-state index in [-0.39, 0.29) is 31.1 Å². The molecule has 0 aliphatic rings. The van der Waals surface area contributed by atoms with Crippen molar-refractivity contribution in [3.63, 3.8) is 0 Å². The fourth-order valence-corrected chi connectivity index (χ4v) is 9.84. The van der Waals surface area contributed by atoms with Crippen molar-refractivity contribution >= 4 is 17.9 Å². The molecule has 0 fully saturated rings. The van der Waals surface area contributed by atoms with Crippen LogP contribution >= 0.6 is 0 Å². The van der Waals surface area contributed by atoms with Gasteiger partial charge in [0, 0.05) is 19.3 Å². The first kappa shape index (κ1) is 75.6. The highest BCUT2D eigenvalue weighted by atomic mass is 16.6. The van der Waals surface area contributed by atoms with Crippen molar-refractivity contribution in [3.05, 3.63) is 85.1 Å². The third kappa shape index (κ3) is 65.3. The minimum absolute atomic E-state index is 0.0745. The van der Waals surface area contributed by atoms with Gasteiger partial charge in [-0.15, -0.1) is 0 Å². The fourth-order valence-electron chi connectivity index (χ4n) is 9.84. The predicted molar refractivity (Wildman–Crippen MR) is 344 cm³/mol. The number of rotatable bonds is 62. The van der Waals surface area contributed by atoms with E-state index in [0.717, 1.165) is 109 Å². The molecule has 6 nitrogen and oxygen atoms in total. The van der Waals surface area contributed by atoms with E-state index in [4.69, 9.17) is 14.2 Å². The van der Waals surface area contributed by atoms with E-state index in [1.54, 1.807) is 0 Å². The molecule has 456 valence electrons. The van der Waals surface area contributed by atoms with Gasteiger partial charge in [0.05, 0.1) is 0 Å². The zero-order valence-corrected chi connectivity index (χ0v) is 52.4. The second-order valence-corrected chi connectivity index (χ2v) is 22.7. The number of carbonyl (C=O) groups is 3. The minimum Gasteiger partial charge on any atom is -0.462 e. The van der Waals surface area contributed by atoms with Gasteiger partial charge in [-0.3, -0.25) is 14.4 Å². The Morgan fingerprint density at radius 3 is 0.772 bits per heavy atom. The van der Waals surface area contributed by atoms with Crippen molar-refractivity contribution in [2.75, 3.05) is 13.2 Å². The van der Waals surface area contributed by atoms with E-state index in [1.807, 2.05) is 0 Å². The summed E-state index contributed by atoms with van der Waals surface area (Å²) in [6, 6.07) is 0. The fraction of sp³-hybridized carbons (Fsp3) is 0.767. The molecule has 1 atom stereocenters. The van der Waals surface area contributed by atoms with Crippen LogP contribution in [0.2, 0.25) is 0 Å². The highest BCUT2D eigenvalue weighted by molar-refractivity contribution is 5.71. The van der Waals surface area contributed by atoms with Gasteiger partial charge in [0.15, 0.2) is 6.10 Å². The van der Waals surface area contributed by atoms with Crippen molar-refractivity contribution < 1.29 is 28.6 Å². The van der Waals surface area contributed by atoms with Gasteiger partial charge < -0.3 is 14.2 Å². The van der Waals surface area contributed by atoms with Crippen LogP contribution in [0.1, 0.15) is 342 Å². The number of allylic oxidation sites excluding steroid dienone is 14. The summed E-state index contributed by atoms with van der Waals surface area (Å²) in [5.41, 5.74) is 0. The van der Waals surface area contributed by atoms with E-state index in [9.17, 15) is 14.4 Å². The third-order valence-corrected chi connectivity index (χ3v) is 14.9. The zero-order valence-electron chi connectivity index (χ0n) is 52.4. The second-order valence-electron chi connectivity index (χ2n) is 22.7. The van der Waals surface area contributed by atoms with Gasteiger partial charge in [0.2, 0.25) is 0 Å². The molecule has 0 N–H and O–H groups in total. The molecule has 0 aromatic carbocycles. The summed E-state index contributed by atoms with van der Waals surface area (Å²) in [5.74, 6) is -0.866. The molecule has 0 aliphatic heterocycles. The first-order chi connectivity index (χ1) is 39.0. The van der Waals surface area contributed by atoms with Crippen LogP contribution in [0.5, 0.6) is 0 Å². The Kier molecular flexibility index (Phi) is 64.2. The van der Waals surface area contributed by atoms with Crippen LogP contribution in [0.15, 0.2) is 85.1 Å². The largest absolute Gasteiger partial charge is 0.462 e. The van der Waals surface area contributed by atoms with Gasteiger partial charge in [0.25, 0.3) is 0 Å². The average Bonchev–Trinajstić information content (AvgIpc) is 3.45. The molecule has 0 aliphatic carbocycles. The minimum atomic E-state index is -0.779. The van der Waals surface area contributed by atoms with Crippen LogP contribution in [0, 0.1) is 0 Å². The van der Waals surface area contributed by atoms with Crippen LogP contribution in [-0.4, -0.2) is 37.2 Å². The van der Waals surface area contributed by atoms with Crippen LogP contribution in [0.4, 0.5) is 0 Å². The number of ether oxygens (including phenoxy) is 3. The summed E-state index contributed by atoms with van der Waals surface area (Å²) in [4.78, 5) is 38.4. The quantitative estimate of drug-likeness (QED) is 0.0261. The summed E-state index contributed by atoms with van der Waals surface area (Å²) in [7, 11) is 0. The van der Waals surface area contributed by atoms with Crippen molar-refractivity contribution in [1.29, 1.82) is 0 Å². The van der Waals surface area contributed by atoms with Crippen LogP contribution < -0.4 is 0 Å². The summed E-state index contributed by atoms with van der Waals surface area (Å²) >= 11 is 0. The molecule has 0 aromatic heterocycles. The van der Waals surface area contributed by atoms with Crippen molar-refractivity contribution in [2.45, 2.75) is 348 Å². The number of esters is 3. The van der Waals surface area contributed by atoms with E-state index < -0.39 is 6.10 Å². The molecule has 1 unspecified atom stereocenters. The number of hydrogen-bond donors (Lipinski definition) is 0. The highest BCUT2D eigenvalue weighted by Gasteiger charge is 2.19. The Morgan fingerprint density at radius 1 is 0.266 bits per heavy atom. The normalized spacial score (nSPS) is 12.6. The van der Waals surface area contributed by atoms with Crippen molar-refractivity contribution in [3.8, 4) is 0 Å². The lowest BCUT2D eigenvalue weighted by molar-refractivity contribution is -0.167. The molecule has 0 saturated heterocycles. The predicted octanol–water partition coefficient (Wildman–Crippen LogP) is 23.4. The monoisotopic (exact) mass is 1100 g/mol. The zero-order chi connectivity index (χ0) is 57.1. The van der Waals surface area contributed by atoms with E-state index in [1.165, 1.54) is 193 Å². The Balaban J connectivity index is 4.32. The van der Waals surface area contributed by atoms with Crippen molar-refractivity contribution in [2.24, 2.45) is 0 Å². The molecular formula is C73H128O6. The summed E-state index contributed by atoms with van der Waals surface area (Å²) in [6.07, 6.45) is 88.8. The molecule has 0 radical (unpaired) electrons. The summed E-state index contributed by atoms with van der Waals surface area (Å²) in [5, 5.41) is 0. The molecule has 0 amide bonds. The van der Waals surface area contributed by atoms with Gasteiger partial charge >= 0.3 is 17.9 Å². The Labute approximate surface area is 490 Å². The van der Waals surface area contributed by atoms with Crippen LogP contribution in [-0.2, 0) is 28.6 Å². The molecule has 0 bridgehead atoms. The molecule has 0 rings (SSSR count). The van der Waals surface area contributed by atoms with Crippen LogP contribution in [0.25, 0.3) is 0 Å². The molecule has 0 saturated carbocycles. The van der Waals surface area contributed by atoms with E-state index in [2.05, 4.69) is 106 Å².